The molecular formula is C16H23Cl2F3N2O2. The molecule has 1 fully saturated rings. The van der Waals surface area contributed by atoms with Crippen LogP contribution in [0.4, 0.5) is 13.2 Å². The van der Waals surface area contributed by atoms with Gasteiger partial charge in [0.1, 0.15) is 0 Å². The standard InChI is InChI=1S/C16H22ClF3N2O2.ClH/c1-23-13-4-3-11(14(17)15(13)24-2)12(5-6-16(18,19)20)22-9-7-21-8-10-22;/h3-4,12,21H,5-10H2,1-2H3;1H/t12-;/m0./s1. The van der Waals surface area contributed by atoms with Gasteiger partial charge in [0.2, 0.25) is 0 Å². The van der Waals surface area contributed by atoms with Gasteiger partial charge in [0.25, 0.3) is 0 Å². The highest BCUT2D eigenvalue weighted by molar-refractivity contribution is 6.33. The van der Waals surface area contributed by atoms with Crippen molar-refractivity contribution < 1.29 is 22.6 Å². The van der Waals surface area contributed by atoms with Gasteiger partial charge in [-0.2, -0.15) is 13.2 Å². The normalized spacial score (nSPS) is 16.9. The summed E-state index contributed by atoms with van der Waals surface area (Å²) in [5, 5.41) is 3.52. The third kappa shape index (κ3) is 5.81. The Morgan fingerprint density at radius 1 is 1.20 bits per heavy atom. The second-order valence-electron chi connectivity index (χ2n) is 5.66. The van der Waals surface area contributed by atoms with Gasteiger partial charge in [-0.3, -0.25) is 4.90 Å². The Hall–Kier alpha value is -0.890. The first kappa shape index (κ1) is 22.2. The lowest BCUT2D eigenvalue weighted by Gasteiger charge is -2.36. The van der Waals surface area contributed by atoms with E-state index in [0.717, 1.165) is 13.1 Å². The number of rotatable bonds is 6. The molecular weight excluding hydrogens is 380 g/mol. The molecule has 9 heteroatoms. The summed E-state index contributed by atoms with van der Waals surface area (Å²) in [4.78, 5) is 2.04. The molecule has 1 aliphatic heterocycles. The first-order valence-electron chi connectivity index (χ1n) is 7.79. The monoisotopic (exact) mass is 402 g/mol. The largest absolute Gasteiger partial charge is 0.493 e. The zero-order chi connectivity index (χ0) is 17.7. The Labute approximate surface area is 157 Å². The molecule has 25 heavy (non-hydrogen) atoms. The van der Waals surface area contributed by atoms with Crippen molar-refractivity contribution in [2.75, 3.05) is 40.4 Å². The third-order valence-corrected chi connectivity index (χ3v) is 4.56. The maximum Gasteiger partial charge on any atom is 0.389 e. The molecule has 1 aromatic carbocycles. The lowest BCUT2D eigenvalue weighted by Crippen LogP contribution is -2.45. The zero-order valence-corrected chi connectivity index (χ0v) is 15.7. The van der Waals surface area contributed by atoms with Crippen molar-refractivity contribution in [3.05, 3.63) is 22.7 Å². The summed E-state index contributed by atoms with van der Waals surface area (Å²) < 4.78 is 48.7. The van der Waals surface area contributed by atoms with E-state index in [1.54, 1.807) is 12.1 Å². The molecule has 4 nitrogen and oxygen atoms in total. The first-order chi connectivity index (χ1) is 11.4. The SMILES string of the molecule is COc1ccc([C@H](CCC(F)(F)F)N2CCNCC2)c(Cl)c1OC.Cl. The molecule has 0 bridgehead atoms. The first-order valence-corrected chi connectivity index (χ1v) is 8.17. The minimum Gasteiger partial charge on any atom is -0.493 e. The molecule has 0 aromatic heterocycles. The molecule has 0 spiro atoms. The van der Waals surface area contributed by atoms with Crippen LogP contribution in [-0.2, 0) is 0 Å². The Bertz CT molecular complexity index is 553. The van der Waals surface area contributed by atoms with E-state index in [4.69, 9.17) is 21.1 Å². The molecule has 1 saturated heterocycles. The molecule has 1 heterocycles. The minimum absolute atomic E-state index is 0. The maximum absolute atomic E-state index is 12.8. The summed E-state index contributed by atoms with van der Waals surface area (Å²) in [6.07, 6.45) is -5.10. The van der Waals surface area contributed by atoms with Crippen LogP contribution < -0.4 is 14.8 Å². The Morgan fingerprint density at radius 2 is 1.84 bits per heavy atom. The quantitative estimate of drug-likeness (QED) is 0.777. The predicted molar refractivity (Wildman–Crippen MR) is 94.3 cm³/mol. The van der Waals surface area contributed by atoms with E-state index < -0.39 is 18.6 Å². The van der Waals surface area contributed by atoms with E-state index in [9.17, 15) is 13.2 Å². The summed E-state index contributed by atoms with van der Waals surface area (Å²) in [7, 11) is 2.95. The van der Waals surface area contributed by atoms with Gasteiger partial charge in [0, 0.05) is 38.6 Å². The van der Waals surface area contributed by atoms with Gasteiger partial charge in [-0.05, 0) is 18.1 Å². The number of nitrogens with one attached hydrogen (secondary N) is 1. The van der Waals surface area contributed by atoms with Gasteiger partial charge in [-0.25, -0.2) is 0 Å². The fourth-order valence-corrected chi connectivity index (χ4v) is 3.35. The number of piperazine rings is 1. The van der Waals surface area contributed by atoms with Crippen molar-refractivity contribution in [2.24, 2.45) is 0 Å². The number of hydrogen-bond acceptors (Lipinski definition) is 4. The van der Waals surface area contributed by atoms with Gasteiger partial charge in [-0.15, -0.1) is 12.4 Å². The van der Waals surface area contributed by atoms with Gasteiger partial charge < -0.3 is 14.8 Å². The molecule has 0 unspecified atom stereocenters. The molecule has 1 aliphatic rings. The van der Waals surface area contributed by atoms with Crippen LogP contribution in [0.15, 0.2) is 12.1 Å². The van der Waals surface area contributed by atoms with Crippen molar-refractivity contribution in [1.82, 2.24) is 10.2 Å². The summed E-state index contributed by atoms with van der Waals surface area (Å²) in [6.45, 7) is 2.83. The Kier molecular flexibility index (Phi) is 8.60. The summed E-state index contributed by atoms with van der Waals surface area (Å²) in [5.74, 6) is 0.810. The number of benzene rings is 1. The van der Waals surface area contributed by atoms with E-state index in [2.05, 4.69) is 5.32 Å². The Morgan fingerprint density at radius 3 is 2.36 bits per heavy atom. The van der Waals surface area contributed by atoms with Gasteiger partial charge in [0.05, 0.1) is 19.2 Å². The average Bonchev–Trinajstić information content (AvgIpc) is 2.56. The van der Waals surface area contributed by atoms with E-state index >= 15 is 0 Å². The third-order valence-electron chi connectivity index (χ3n) is 4.17. The fraction of sp³-hybridized carbons (Fsp3) is 0.625. The summed E-state index contributed by atoms with van der Waals surface area (Å²) >= 11 is 6.43. The van der Waals surface area contributed by atoms with Crippen molar-refractivity contribution in [3.8, 4) is 11.5 Å². The molecule has 144 valence electrons. The van der Waals surface area contributed by atoms with Crippen LogP contribution in [0.1, 0.15) is 24.4 Å². The van der Waals surface area contributed by atoms with E-state index in [0.29, 0.717) is 35.2 Å². The van der Waals surface area contributed by atoms with Crippen molar-refractivity contribution in [1.29, 1.82) is 0 Å². The minimum atomic E-state index is -4.20. The highest BCUT2D eigenvalue weighted by atomic mass is 35.5. The molecule has 2 rings (SSSR count). The van der Waals surface area contributed by atoms with Crippen LogP contribution in [0.2, 0.25) is 5.02 Å². The topological polar surface area (TPSA) is 33.7 Å². The molecule has 0 amide bonds. The van der Waals surface area contributed by atoms with E-state index in [1.807, 2.05) is 4.90 Å². The summed E-state index contributed by atoms with van der Waals surface area (Å²) in [5.41, 5.74) is 0.639. The van der Waals surface area contributed by atoms with Crippen LogP contribution in [0.25, 0.3) is 0 Å². The van der Waals surface area contributed by atoms with Crippen LogP contribution in [0.3, 0.4) is 0 Å². The van der Waals surface area contributed by atoms with Gasteiger partial charge in [-0.1, -0.05) is 17.7 Å². The lowest BCUT2D eigenvalue weighted by atomic mass is 9.98. The van der Waals surface area contributed by atoms with Crippen molar-refractivity contribution in [2.45, 2.75) is 25.1 Å². The van der Waals surface area contributed by atoms with Gasteiger partial charge in [0.15, 0.2) is 11.5 Å². The number of nitrogens with zero attached hydrogens (tertiary/aromatic N) is 1. The smallest absolute Gasteiger partial charge is 0.389 e. The van der Waals surface area contributed by atoms with E-state index in [1.165, 1.54) is 14.2 Å². The number of halogens is 5. The van der Waals surface area contributed by atoms with Gasteiger partial charge >= 0.3 is 6.18 Å². The van der Waals surface area contributed by atoms with Crippen LogP contribution in [0.5, 0.6) is 11.5 Å². The molecule has 1 N–H and O–H groups in total. The maximum atomic E-state index is 12.8. The average molecular weight is 403 g/mol. The number of ether oxygens (including phenoxy) is 2. The zero-order valence-electron chi connectivity index (χ0n) is 14.2. The lowest BCUT2D eigenvalue weighted by molar-refractivity contribution is -0.138. The number of alkyl halides is 3. The highest BCUT2D eigenvalue weighted by Crippen LogP contribution is 2.43. The molecule has 1 aromatic rings. The molecule has 1 atom stereocenters. The Balaban J connectivity index is 0.00000312. The predicted octanol–water partition coefficient (Wildman–Crippen LogP) is 4.07. The number of methoxy groups -OCH3 is 2. The van der Waals surface area contributed by atoms with Crippen molar-refractivity contribution in [3.63, 3.8) is 0 Å². The van der Waals surface area contributed by atoms with E-state index in [-0.39, 0.29) is 18.8 Å². The van der Waals surface area contributed by atoms with Crippen LogP contribution >= 0.6 is 24.0 Å². The number of hydrogen-bond donors (Lipinski definition) is 1. The molecule has 0 aliphatic carbocycles. The highest BCUT2D eigenvalue weighted by Gasteiger charge is 2.33. The second-order valence-corrected chi connectivity index (χ2v) is 6.04. The second kappa shape index (κ2) is 9.71. The molecule has 0 radical (unpaired) electrons. The molecule has 0 saturated carbocycles. The van der Waals surface area contributed by atoms with Crippen LogP contribution in [-0.4, -0.2) is 51.5 Å². The van der Waals surface area contributed by atoms with Crippen LogP contribution in [0, 0.1) is 0 Å². The van der Waals surface area contributed by atoms with Crippen molar-refractivity contribution >= 4 is 24.0 Å². The fourth-order valence-electron chi connectivity index (χ4n) is 2.99. The summed E-state index contributed by atoms with van der Waals surface area (Å²) in [6, 6.07) is 3.00.